The lowest BCUT2D eigenvalue weighted by molar-refractivity contribution is 0.0683. The van der Waals surface area contributed by atoms with E-state index in [1.165, 1.54) is 16.8 Å². The van der Waals surface area contributed by atoms with E-state index in [2.05, 4.69) is 11.9 Å². The van der Waals surface area contributed by atoms with Crippen LogP contribution in [0.25, 0.3) is 0 Å². The number of carbonyl (C=O) groups excluding carboxylic acids is 1. The summed E-state index contributed by atoms with van der Waals surface area (Å²) in [6.45, 7) is 5.84. The van der Waals surface area contributed by atoms with Crippen molar-refractivity contribution < 1.29 is 13.2 Å². The van der Waals surface area contributed by atoms with Crippen molar-refractivity contribution in [3.05, 3.63) is 77.7 Å². The van der Waals surface area contributed by atoms with Crippen LogP contribution in [-0.4, -0.2) is 41.9 Å². The summed E-state index contributed by atoms with van der Waals surface area (Å²) in [4.78, 5) is 18.9. The number of aromatic nitrogens is 2. The maximum Gasteiger partial charge on any atom is 0.283 e. The van der Waals surface area contributed by atoms with Gasteiger partial charge < -0.3 is 9.47 Å². The first kappa shape index (κ1) is 23.0. The normalized spacial score (nSPS) is 16.6. The summed E-state index contributed by atoms with van der Waals surface area (Å²) >= 11 is 0. The molecule has 7 nitrogen and oxygen atoms in total. The molecule has 1 aliphatic heterocycles. The Bertz CT molecular complexity index is 1220. The van der Waals surface area contributed by atoms with Crippen LogP contribution in [0, 0.1) is 12.8 Å². The number of benzene rings is 2. The second kappa shape index (κ2) is 9.39. The zero-order valence-electron chi connectivity index (χ0n) is 19.3. The van der Waals surface area contributed by atoms with Crippen LogP contribution in [0.1, 0.15) is 41.3 Å². The minimum Gasteiger partial charge on any atom is -0.339 e. The molecule has 1 fully saturated rings. The van der Waals surface area contributed by atoms with Crippen molar-refractivity contribution in [1.29, 1.82) is 0 Å². The highest BCUT2D eigenvalue weighted by Crippen LogP contribution is 2.27. The lowest BCUT2D eigenvalue weighted by Crippen LogP contribution is -2.39. The Morgan fingerprint density at radius 3 is 2.42 bits per heavy atom. The number of piperidine rings is 1. The lowest BCUT2D eigenvalue weighted by Gasteiger charge is -2.31. The molecule has 2 heterocycles. The van der Waals surface area contributed by atoms with Gasteiger partial charge in [-0.05, 0) is 55.5 Å². The van der Waals surface area contributed by atoms with E-state index in [0.29, 0.717) is 17.2 Å². The van der Waals surface area contributed by atoms with Crippen LogP contribution < -0.4 is 4.31 Å². The van der Waals surface area contributed by atoms with Gasteiger partial charge in [-0.15, -0.1) is 0 Å². The summed E-state index contributed by atoms with van der Waals surface area (Å²) < 4.78 is 29.9. The highest BCUT2D eigenvalue weighted by atomic mass is 32.2. The first-order chi connectivity index (χ1) is 15.7. The Kier molecular flexibility index (Phi) is 6.56. The Hall–Kier alpha value is -3.13. The standard InChI is InChI=1S/C25H30N4O3S/c1-19-6-8-21(9-7-19)16-29(33(31,32)24-17-27(3)18-26-24)23-12-10-22(11-13-23)25(30)28-14-4-5-20(2)15-28/h6-13,17-18,20H,4-5,14-16H2,1-3H3. The average Bonchev–Trinajstić information content (AvgIpc) is 3.25. The van der Waals surface area contributed by atoms with E-state index in [1.54, 1.807) is 35.9 Å². The molecule has 174 valence electrons. The molecular weight excluding hydrogens is 436 g/mol. The van der Waals surface area contributed by atoms with Crippen molar-refractivity contribution in [2.24, 2.45) is 13.0 Å². The van der Waals surface area contributed by atoms with E-state index in [1.807, 2.05) is 36.1 Å². The number of anilines is 1. The maximum absolute atomic E-state index is 13.5. The molecular formula is C25H30N4O3S. The topological polar surface area (TPSA) is 75.5 Å². The van der Waals surface area contributed by atoms with Crippen LogP contribution in [0.2, 0.25) is 0 Å². The predicted molar refractivity (Wildman–Crippen MR) is 128 cm³/mol. The number of carbonyl (C=O) groups is 1. The van der Waals surface area contributed by atoms with Crippen LogP contribution in [0.4, 0.5) is 5.69 Å². The van der Waals surface area contributed by atoms with E-state index >= 15 is 0 Å². The minimum atomic E-state index is -3.90. The molecule has 0 saturated carbocycles. The number of sulfonamides is 1. The largest absolute Gasteiger partial charge is 0.339 e. The predicted octanol–water partition coefficient (Wildman–Crippen LogP) is 4.00. The fourth-order valence-electron chi connectivity index (χ4n) is 4.14. The molecule has 1 aromatic heterocycles. The lowest BCUT2D eigenvalue weighted by atomic mass is 9.99. The number of hydrogen-bond acceptors (Lipinski definition) is 4. The third-order valence-corrected chi connectivity index (χ3v) is 7.69. The molecule has 33 heavy (non-hydrogen) atoms. The average molecular weight is 467 g/mol. The molecule has 1 atom stereocenters. The van der Waals surface area contributed by atoms with Crippen molar-refractivity contribution in [2.45, 2.75) is 38.3 Å². The fourth-order valence-corrected chi connectivity index (χ4v) is 5.56. The smallest absolute Gasteiger partial charge is 0.283 e. The van der Waals surface area contributed by atoms with Crippen molar-refractivity contribution in [1.82, 2.24) is 14.5 Å². The zero-order valence-corrected chi connectivity index (χ0v) is 20.1. The molecule has 3 aromatic rings. The van der Waals surface area contributed by atoms with Crippen LogP contribution in [0.5, 0.6) is 0 Å². The summed E-state index contributed by atoms with van der Waals surface area (Å²) in [7, 11) is -2.16. The maximum atomic E-state index is 13.5. The zero-order chi connectivity index (χ0) is 23.6. The summed E-state index contributed by atoms with van der Waals surface area (Å²) in [5, 5.41) is -0.0143. The molecule has 1 unspecified atom stereocenters. The number of imidazole rings is 1. The molecule has 2 aromatic carbocycles. The van der Waals surface area contributed by atoms with E-state index in [-0.39, 0.29) is 17.5 Å². The van der Waals surface area contributed by atoms with Gasteiger partial charge in [-0.1, -0.05) is 36.8 Å². The Morgan fingerprint density at radius 2 is 1.82 bits per heavy atom. The summed E-state index contributed by atoms with van der Waals surface area (Å²) in [5.74, 6) is 0.487. The molecule has 1 saturated heterocycles. The Morgan fingerprint density at radius 1 is 1.12 bits per heavy atom. The molecule has 4 rings (SSSR count). The van der Waals surface area contributed by atoms with Gasteiger partial charge in [0.2, 0.25) is 0 Å². The highest BCUT2D eigenvalue weighted by Gasteiger charge is 2.28. The number of aryl methyl sites for hydroxylation is 2. The highest BCUT2D eigenvalue weighted by molar-refractivity contribution is 7.92. The van der Waals surface area contributed by atoms with Gasteiger partial charge in [0.25, 0.3) is 15.9 Å². The van der Waals surface area contributed by atoms with Gasteiger partial charge in [-0.2, -0.15) is 8.42 Å². The molecule has 8 heteroatoms. The number of amides is 1. The van der Waals surface area contributed by atoms with Crippen molar-refractivity contribution in [3.8, 4) is 0 Å². The third kappa shape index (κ3) is 5.11. The fraction of sp³-hybridized carbons (Fsp3) is 0.360. The monoisotopic (exact) mass is 466 g/mol. The third-order valence-electron chi connectivity index (χ3n) is 6.03. The first-order valence-corrected chi connectivity index (χ1v) is 12.6. The SMILES string of the molecule is Cc1ccc(CN(c2ccc(C(=O)N3CCCC(C)C3)cc2)S(=O)(=O)c2cn(C)cn2)cc1. The molecule has 0 aliphatic carbocycles. The number of likely N-dealkylation sites (tertiary alicyclic amines) is 1. The Balaban J connectivity index is 1.65. The van der Waals surface area contributed by atoms with E-state index in [0.717, 1.165) is 37.1 Å². The minimum absolute atomic E-state index is 0.00855. The Labute approximate surface area is 195 Å². The van der Waals surface area contributed by atoms with E-state index < -0.39 is 10.0 Å². The van der Waals surface area contributed by atoms with Crippen molar-refractivity contribution in [2.75, 3.05) is 17.4 Å². The summed E-state index contributed by atoms with van der Waals surface area (Å²) in [6.07, 6.45) is 5.12. The van der Waals surface area contributed by atoms with E-state index in [9.17, 15) is 13.2 Å². The van der Waals surface area contributed by atoms with Gasteiger partial charge in [-0.3, -0.25) is 9.10 Å². The second-order valence-corrected chi connectivity index (χ2v) is 10.7. The molecule has 0 radical (unpaired) electrons. The van der Waals surface area contributed by atoms with Gasteiger partial charge in [0.15, 0.2) is 5.03 Å². The van der Waals surface area contributed by atoms with Crippen LogP contribution >= 0.6 is 0 Å². The van der Waals surface area contributed by atoms with E-state index in [4.69, 9.17) is 0 Å². The van der Waals surface area contributed by atoms with Crippen molar-refractivity contribution in [3.63, 3.8) is 0 Å². The van der Waals surface area contributed by atoms with Crippen LogP contribution in [0.3, 0.4) is 0 Å². The second-order valence-electron chi connectivity index (χ2n) is 8.92. The summed E-state index contributed by atoms with van der Waals surface area (Å²) in [5.41, 5.74) is 3.03. The number of rotatable bonds is 6. The first-order valence-electron chi connectivity index (χ1n) is 11.2. The van der Waals surface area contributed by atoms with Gasteiger partial charge in [0.05, 0.1) is 18.6 Å². The number of hydrogen-bond donors (Lipinski definition) is 0. The molecule has 0 bridgehead atoms. The molecule has 0 N–H and O–H groups in total. The quantitative estimate of drug-likeness (QED) is 0.550. The molecule has 0 spiro atoms. The van der Waals surface area contributed by atoms with Crippen molar-refractivity contribution >= 4 is 21.6 Å². The van der Waals surface area contributed by atoms with Gasteiger partial charge in [0.1, 0.15) is 0 Å². The summed E-state index contributed by atoms with van der Waals surface area (Å²) in [6, 6.07) is 14.6. The number of nitrogens with zero attached hydrogens (tertiary/aromatic N) is 4. The molecule has 1 amide bonds. The molecule has 1 aliphatic rings. The van der Waals surface area contributed by atoms with Gasteiger partial charge in [-0.25, -0.2) is 4.98 Å². The van der Waals surface area contributed by atoms with Gasteiger partial charge >= 0.3 is 0 Å². The van der Waals surface area contributed by atoms with Crippen LogP contribution in [-0.2, 0) is 23.6 Å². The van der Waals surface area contributed by atoms with Crippen LogP contribution in [0.15, 0.2) is 66.1 Å². The van der Waals surface area contributed by atoms with Gasteiger partial charge in [0, 0.05) is 31.9 Å².